The molecule has 1 amide bonds. The van der Waals surface area contributed by atoms with Crippen molar-refractivity contribution in [3.63, 3.8) is 0 Å². The molecule has 1 fully saturated rings. The molecule has 1 aliphatic carbocycles. The highest BCUT2D eigenvalue weighted by atomic mass is 16.5. The van der Waals surface area contributed by atoms with Crippen LogP contribution in [0, 0.1) is 13.8 Å². The zero-order chi connectivity index (χ0) is 15.1. The molecule has 2 rings (SSSR count). The third-order valence-corrected chi connectivity index (χ3v) is 4.12. The number of carbonyl (C=O) groups is 1. The molecule has 0 aromatic heterocycles. The van der Waals surface area contributed by atoms with E-state index >= 15 is 0 Å². The Labute approximate surface area is 128 Å². The van der Waals surface area contributed by atoms with E-state index in [0.29, 0.717) is 19.1 Å². The smallest absolute Gasteiger partial charge is 0.220 e. The number of rotatable bonds is 6. The fourth-order valence-electron chi connectivity index (χ4n) is 2.82. The van der Waals surface area contributed by atoms with E-state index in [0.717, 1.165) is 30.6 Å². The van der Waals surface area contributed by atoms with Crippen molar-refractivity contribution in [3.05, 3.63) is 29.3 Å². The summed E-state index contributed by atoms with van der Waals surface area (Å²) in [5.41, 5.74) is 2.35. The van der Waals surface area contributed by atoms with E-state index in [9.17, 15) is 4.79 Å². The molecule has 21 heavy (non-hydrogen) atoms. The highest BCUT2D eigenvalue weighted by molar-refractivity contribution is 5.76. The lowest BCUT2D eigenvalue weighted by Crippen LogP contribution is -2.36. The van der Waals surface area contributed by atoms with Gasteiger partial charge in [-0.15, -0.1) is 0 Å². The second-order valence-electron chi connectivity index (χ2n) is 6.12. The summed E-state index contributed by atoms with van der Waals surface area (Å²) < 4.78 is 5.78. The minimum Gasteiger partial charge on any atom is -0.493 e. The Morgan fingerprint density at radius 3 is 2.76 bits per heavy atom. The van der Waals surface area contributed by atoms with Gasteiger partial charge in [-0.3, -0.25) is 4.79 Å². The molecule has 0 bridgehead atoms. The van der Waals surface area contributed by atoms with Crippen molar-refractivity contribution in [1.29, 1.82) is 0 Å². The first-order chi connectivity index (χ1) is 10.1. The molecule has 1 aliphatic rings. The summed E-state index contributed by atoms with van der Waals surface area (Å²) in [6.45, 7) is 4.71. The Morgan fingerprint density at radius 2 is 2.00 bits per heavy atom. The van der Waals surface area contributed by atoms with Gasteiger partial charge in [0.2, 0.25) is 5.91 Å². The fourth-order valence-corrected chi connectivity index (χ4v) is 2.82. The number of ether oxygens (including phenoxy) is 1. The largest absolute Gasteiger partial charge is 0.493 e. The van der Waals surface area contributed by atoms with Gasteiger partial charge in [0.05, 0.1) is 6.61 Å². The molecule has 3 heteroatoms. The van der Waals surface area contributed by atoms with Crippen LogP contribution in [0.15, 0.2) is 18.2 Å². The average Bonchev–Trinajstić information content (AvgIpc) is 2.48. The van der Waals surface area contributed by atoms with Gasteiger partial charge in [0.15, 0.2) is 0 Å². The van der Waals surface area contributed by atoms with Crippen molar-refractivity contribution in [2.45, 2.75) is 64.8 Å². The lowest BCUT2D eigenvalue weighted by molar-refractivity contribution is -0.122. The third kappa shape index (κ3) is 5.41. The number of nitrogens with one attached hydrogen (secondary N) is 1. The summed E-state index contributed by atoms with van der Waals surface area (Å²) in [5.74, 6) is 1.11. The topological polar surface area (TPSA) is 38.3 Å². The van der Waals surface area contributed by atoms with Crippen LogP contribution >= 0.6 is 0 Å². The van der Waals surface area contributed by atoms with E-state index in [1.54, 1.807) is 0 Å². The molecule has 0 atom stereocenters. The van der Waals surface area contributed by atoms with Gasteiger partial charge < -0.3 is 10.1 Å². The predicted molar refractivity (Wildman–Crippen MR) is 85.7 cm³/mol. The molecule has 0 heterocycles. The van der Waals surface area contributed by atoms with Gasteiger partial charge in [-0.2, -0.15) is 0 Å². The summed E-state index contributed by atoms with van der Waals surface area (Å²) in [6, 6.07) is 6.61. The first kappa shape index (κ1) is 15.9. The summed E-state index contributed by atoms with van der Waals surface area (Å²) in [6.07, 6.45) is 7.43. The van der Waals surface area contributed by atoms with Crippen molar-refractivity contribution < 1.29 is 9.53 Å². The number of carbonyl (C=O) groups excluding carboxylic acids is 1. The van der Waals surface area contributed by atoms with Crippen LogP contribution < -0.4 is 10.1 Å². The molecular weight excluding hydrogens is 262 g/mol. The number of benzene rings is 1. The molecule has 0 spiro atoms. The summed E-state index contributed by atoms with van der Waals surface area (Å²) in [4.78, 5) is 11.9. The van der Waals surface area contributed by atoms with E-state index in [4.69, 9.17) is 4.74 Å². The van der Waals surface area contributed by atoms with Crippen molar-refractivity contribution in [1.82, 2.24) is 5.32 Å². The predicted octanol–water partition coefficient (Wildman–Crippen LogP) is 3.91. The number of amides is 1. The first-order valence-corrected chi connectivity index (χ1v) is 8.14. The van der Waals surface area contributed by atoms with Gasteiger partial charge in [-0.1, -0.05) is 31.4 Å². The van der Waals surface area contributed by atoms with Crippen LogP contribution in [0.25, 0.3) is 0 Å². The van der Waals surface area contributed by atoms with Crippen LogP contribution in [-0.4, -0.2) is 18.6 Å². The molecular formula is C18H27NO2. The summed E-state index contributed by atoms with van der Waals surface area (Å²) >= 11 is 0. The summed E-state index contributed by atoms with van der Waals surface area (Å²) in [7, 11) is 0. The maximum Gasteiger partial charge on any atom is 0.220 e. The molecule has 1 saturated carbocycles. The van der Waals surface area contributed by atoms with Gasteiger partial charge >= 0.3 is 0 Å². The maximum absolute atomic E-state index is 11.9. The van der Waals surface area contributed by atoms with E-state index in [-0.39, 0.29) is 5.91 Å². The molecule has 3 nitrogen and oxygen atoms in total. The second-order valence-corrected chi connectivity index (χ2v) is 6.12. The van der Waals surface area contributed by atoms with E-state index in [1.807, 2.05) is 6.92 Å². The molecule has 1 aromatic rings. The third-order valence-electron chi connectivity index (χ3n) is 4.12. The van der Waals surface area contributed by atoms with Gasteiger partial charge in [0.1, 0.15) is 5.75 Å². The number of aryl methyl sites for hydroxylation is 2. The highest BCUT2D eigenvalue weighted by Gasteiger charge is 2.15. The first-order valence-electron chi connectivity index (χ1n) is 8.14. The quantitative estimate of drug-likeness (QED) is 0.806. The highest BCUT2D eigenvalue weighted by Crippen LogP contribution is 2.19. The minimum absolute atomic E-state index is 0.173. The monoisotopic (exact) mass is 289 g/mol. The molecule has 1 aromatic carbocycles. The van der Waals surface area contributed by atoms with E-state index in [1.165, 1.54) is 24.8 Å². The van der Waals surface area contributed by atoms with Crippen LogP contribution in [0.1, 0.15) is 56.1 Å². The normalized spacial score (nSPS) is 15.7. The zero-order valence-corrected chi connectivity index (χ0v) is 13.3. The number of hydrogen-bond donors (Lipinski definition) is 1. The second kappa shape index (κ2) is 8.06. The Kier molecular flexibility index (Phi) is 6.09. The Hall–Kier alpha value is -1.51. The molecule has 0 saturated heterocycles. The Bertz CT molecular complexity index is 464. The summed E-state index contributed by atoms with van der Waals surface area (Å²) in [5, 5.41) is 3.14. The van der Waals surface area contributed by atoms with Gasteiger partial charge in [-0.25, -0.2) is 0 Å². The molecule has 116 valence electrons. The van der Waals surface area contributed by atoms with Crippen LogP contribution in [0.5, 0.6) is 5.75 Å². The standard InChI is InChI=1S/C18H27NO2/c1-14-10-11-15(2)17(13-14)21-12-6-9-18(20)19-16-7-4-3-5-8-16/h10-11,13,16H,3-9,12H2,1-2H3,(H,19,20). The SMILES string of the molecule is Cc1ccc(C)c(OCCCC(=O)NC2CCCCC2)c1. The average molecular weight is 289 g/mol. The van der Waals surface area contributed by atoms with Gasteiger partial charge in [-0.05, 0) is 50.3 Å². The van der Waals surface area contributed by atoms with Gasteiger partial charge in [0, 0.05) is 12.5 Å². The molecule has 1 N–H and O–H groups in total. The Balaban J connectivity index is 1.64. The minimum atomic E-state index is 0.173. The lowest BCUT2D eigenvalue weighted by Gasteiger charge is -2.22. The van der Waals surface area contributed by atoms with Crippen molar-refractivity contribution in [3.8, 4) is 5.75 Å². The lowest BCUT2D eigenvalue weighted by atomic mass is 9.95. The van der Waals surface area contributed by atoms with Gasteiger partial charge in [0.25, 0.3) is 0 Å². The molecule has 0 aliphatic heterocycles. The zero-order valence-electron chi connectivity index (χ0n) is 13.3. The number of hydrogen-bond acceptors (Lipinski definition) is 2. The van der Waals surface area contributed by atoms with Crippen molar-refractivity contribution >= 4 is 5.91 Å². The maximum atomic E-state index is 11.9. The van der Waals surface area contributed by atoms with Crippen LogP contribution in [-0.2, 0) is 4.79 Å². The van der Waals surface area contributed by atoms with Crippen molar-refractivity contribution in [2.75, 3.05) is 6.61 Å². The van der Waals surface area contributed by atoms with Crippen LogP contribution in [0.4, 0.5) is 0 Å². The molecule has 0 radical (unpaired) electrons. The van der Waals surface area contributed by atoms with E-state index < -0.39 is 0 Å². The Morgan fingerprint density at radius 1 is 1.24 bits per heavy atom. The van der Waals surface area contributed by atoms with E-state index in [2.05, 4.69) is 30.4 Å². The van der Waals surface area contributed by atoms with Crippen LogP contribution in [0.3, 0.4) is 0 Å². The fraction of sp³-hybridized carbons (Fsp3) is 0.611. The molecule has 0 unspecified atom stereocenters. The van der Waals surface area contributed by atoms with Crippen LogP contribution in [0.2, 0.25) is 0 Å². The van der Waals surface area contributed by atoms with Crippen molar-refractivity contribution in [2.24, 2.45) is 0 Å².